The van der Waals surface area contributed by atoms with Crippen LogP contribution in [0.15, 0.2) is 42.0 Å². The Morgan fingerprint density at radius 2 is 1.81 bits per heavy atom. The molecule has 1 fully saturated rings. The Morgan fingerprint density at radius 3 is 2.48 bits per heavy atom. The molecule has 4 amide bonds. The predicted octanol–water partition coefficient (Wildman–Crippen LogP) is 4.27. The van der Waals surface area contributed by atoms with E-state index >= 15 is 0 Å². The van der Waals surface area contributed by atoms with E-state index in [0.717, 1.165) is 8.47 Å². The maximum atomic E-state index is 12.9. The van der Waals surface area contributed by atoms with Crippen LogP contribution in [0.5, 0.6) is 5.75 Å². The Bertz CT molecular complexity index is 1010. The number of nitrogens with one attached hydrogen (secondary N) is 1. The van der Waals surface area contributed by atoms with Crippen molar-refractivity contribution in [1.82, 2.24) is 5.32 Å². The van der Waals surface area contributed by atoms with Gasteiger partial charge in [-0.3, -0.25) is 14.9 Å². The molecular formula is C18H11Cl2IN2O4. The number of hydrogen-bond acceptors (Lipinski definition) is 4. The number of methoxy groups -OCH3 is 1. The topological polar surface area (TPSA) is 75.7 Å². The van der Waals surface area contributed by atoms with E-state index in [1.54, 1.807) is 18.2 Å². The summed E-state index contributed by atoms with van der Waals surface area (Å²) in [5, 5.41) is 2.62. The van der Waals surface area contributed by atoms with Gasteiger partial charge < -0.3 is 4.74 Å². The first kappa shape index (κ1) is 19.7. The number of hydrogen-bond donors (Lipinski definition) is 1. The summed E-state index contributed by atoms with van der Waals surface area (Å²) in [7, 11) is 1.52. The van der Waals surface area contributed by atoms with Crippen LogP contribution in [0.2, 0.25) is 10.0 Å². The number of imide groups is 2. The number of halogens is 3. The molecule has 1 aliphatic heterocycles. The molecule has 1 N–H and O–H groups in total. The lowest BCUT2D eigenvalue weighted by Gasteiger charge is -2.26. The fourth-order valence-electron chi connectivity index (χ4n) is 2.47. The molecule has 0 bridgehead atoms. The highest BCUT2D eigenvalue weighted by Gasteiger charge is 2.37. The van der Waals surface area contributed by atoms with Gasteiger partial charge in [-0.2, -0.15) is 0 Å². The van der Waals surface area contributed by atoms with Crippen LogP contribution >= 0.6 is 45.8 Å². The zero-order valence-electron chi connectivity index (χ0n) is 13.8. The summed E-state index contributed by atoms with van der Waals surface area (Å²) in [6.45, 7) is 0. The van der Waals surface area contributed by atoms with Crippen molar-refractivity contribution in [1.29, 1.82) is 0 Å². The van der Waals surface area contributed by atoms with E-state index in [4.69, 9.17) is 27.9 Å². The van der Waals surface area contributed by atoms with Crippen LogP contribution in [0, 0.1) is 3.57 Å². The van der Waals surface area contributed by atoms with Gasteiger partial charge in [-0.25, -0.2) is 9.69 Å². The monoisotopic (exact) mass is 516 g/mol. The predicted molar refractivity (Wildman–Crippen MR) is 111 cm³/mol. The highest BCUT2D eigenvalue weighted by atomic mass is 127. The minimum absolute atomic E-state index is 0.180. The Kier molecular flexibility index (Phi) is 5.73. The fraction of sp³-hybridized carbons (Fsp3) is 0.0556. The van der Waals surface area contributed by atoms with Gasteiger partial charge in [0, 0.05) is 3.57 Å². The van der Waals surface area contributed by atoms with E-state index in [1.807, 2.05) is 0 Å². The number of urea groups is 1. The number of anilines is 1. The molecule has 0 atom stereocenters. The quantitative estimate of drug-likeness (QED) is 0.375. The van der Waals surface area contributed by atoms with Crippen LogP contribution < -0.4 is 15.0 Å². The van der Waals surface area contributed by atoms with Crippen LogP contribution in [0.25, 0.3) is 6.08 Å². The zero-order valence-corrected chi connectivity index (χ0v) is 17.4. The van der Waals surface area contributed by atoms with Crippen molar-refractivity contribution in [2.75, 3.05) is 12.0 Å². The molecule has 0 spiro atoms. The van der Waals surface area contributed by atoms with Crippen molar-refractivity contribution in [2.45, 2.75) is 0 Å². The van der Waals surface area contributed by atoms with Crippen molar-refractivity contribution in [3.63, 3.8) is 0 Å². The molecule has 2 aromatic rings. The van der Waals surface area contributed by atoms with Crippen LogP contribution in [-0.4, -0.2) is 25.0 Å². The van der Waals surface area contributed by atoms with E-state index in [-0.39, 0.29) is 21.3 Å². The zero-order chi connectivity index (χ0) is 19.7. The number of barbiturate groups is 1. The molecule has 0 saturated carbocycles. The molecule has 1 aliphatic rings. The van der Waals surface area contributed by atoms with Crippen molar-refractivity contribution < 1.29 is 19.1 Å². The minimum atomic E-state index is -0.860. The minimum Gasteiger partial charge on any atom is -0.497 e. The van der Waals surface area contributed by atoms with E-state index < -0.39 is 17.8 Å². The second kappa shape index (κ2) is 7.87. The molecule has 0 unspecified atom stereocenters. The molecule has 2 aromatic carbocycles. The van der Waals surface area contributed by atoms with Crippen LogP contribution in [0.4, 0.5) is 10.5 Å². The molecule has 0 radical (unpaired) electrons. The van der Waals surface area contributed by atoms with Gasteiger partial charge in [-0.05, 0) is 70.6 Å². The summed E-state index contributed by atoms with van der Waals surface area (Å²) in [4.78, 5) is 38.1. The largest absolute Gasteiger partial charge is 0.497 e. The first-order valence-corrected chi connectivity index (χ1v) is 9.34. The van der Waals surface area contributed by atoms with Crippen molar-refractivity contribution >= 4 is 75.4 Å². The Labute approximate surface area is 178 Å². The number of rotatable bonds is 3. The number of nitrogens with zero attached hydrogens (tertiary/aromatic N) is 1. The molecule has 27 heavy (non-hydrogen) atoms. The molecule has 0 aromatic heterocycles. The highest BCUT2D eigenvalue weighted by molar-refractivity contribution is 14.1. The van der Waals surface area contributed by atoms with E-state index in [9.17, 15) is 14.4 Å². The SMILES string of the molecule is COc1cc(I)cc(/C=C2\C(=O)NC(=O)N(c3ccc(Cl)c(Cl)c3)C2=O)c1. The van der Waals surface area contributed by atoms with Gasteiger partial charge in [0.1, 0.15) is 11.3 Å². The first-order valence-electron chi connectivity index (χ1n) is 7.51. The Balaban J connectivity index is 2.04. The summed E-state index contributed by atoms with van der Waals surface area (Å²) >= 11 is 14.0. The lowest BCUT2D eigenvalue weighted by molar-refractivity contribution is -0.122. The van der Waals surface area contributed by atoms with Crippen molar-refractivity contribution in [2.24, 2.45) is 0 Å². The van der Waals surface area contributed by atoms with Crippen molar-refractivity contribution in [3.8, 4) is 5.75 Å². The van der Waals surface area contributed by atoms with Crippen molar-refractivity contribution in [3.05, 3.63) is 61.2 Å². The summed E-state index contributed by atoms with van der Waals surface area (Å²) in [5.41, 5.74) is 0.593. The second-order valence-corrected chi connectivity index (χ2v) is 7.54. The van der Waals surface area contributed by atoms with Gasteiger partial charge in [-0.15, -0.1) is 0 Å². The number of carbonyl (C=O) groups excluding carboxylic acids is 3. The standard InChI is InChI=1S/C18H11Cl2IN2O4/c1-27-12-5-9(4-10(21)7-12)6-13-16(24)22-18(26)23(17(13)25)11-2-3-14(19)15(20)8-11/h2-8H,1H3,(H,22,24,26)/b13-6+. The fourth-order valence-corrected chi connectivity index (χ4v) is 3.43. The molecule has 0 aliphatic carbocycles. The first-order chi connectivity index (χ1) is 12.8. The molecule has 9 heteroatoms. The van der Waals surface area contributed by atoms with Gasteiger partial charge in [0.15, 0.2) is 0 Å². The van der Waals surface area contributed by atoms with Crippen LogP contribution in [0.1, 0.15) is 5.56 Å². The van der Waals surface area contributed by atoms with Gasteiger partial charge in [-0.1, -0.05) is 23.2 Å². The highest BCUT2D eigenvalue weighted by Crippen LogP contribution is 2.29. The van der Waals surface area contributed by atoms with Crippen LogP contribution in [0.3, 0.4) is 0 Å². The smallest absolute Gasteiger partial charge is 0.335 e. The third-order valence-electron chi connectivity index (χ3n) is 3.70. The lowest BCUT2D eigenvalue weighted by Crippen LogP contribution is -2.54. The third kappa shape index (κ3) is 4.10. The summed E-state index contributed by atoms with van der Waals surface area (Å²) in [5.74, 6) is -0.964. The lowest BCUT2D eigenvalue weighted by atomic mass is 10.1. The molecule has 1 heterocycles. The van der Waals surface area contributed by atoms with E-state index in [2.05, 4.69) is 27.9 Å². The third-order valence-corrected chi connectivity index (χ3v) is 5.07. The summed E-state index contributed by atoms with van der Waals surface area (Å²) in [6.07, 6.45) is 1.40. The summed E-state index contributed by atoms with van der Waals surface area (Å²) in [6, 6.07) is 8.70. The molecule has 6 nitrogen and oxygen atoms in total. The van der Waals surface area contributed by atoms with Gasteiger partial charge in [0.2, 0.25) is 0 Å². The molecular weight excluding hydrogens is 506 g/mol. The Hall–Kier alpha value is -2.10. The van der Waals surface area contributed by atoms with E-state index in [0.29, 0.717) is 11.3 Å². The number of benzene rings is 2. The molecule has 3 rings (SSSR count). The van der Waals surface area contributed by atoms with Gasteiger partial charge in [0.05, 0.1) is 22.8 Å². The molecule has 138 valence electrons. The van der Waals surface area contributed by atoms with Crippen LogP contribution in [-0.2, 0) is 9.59 Å². The Morgan fingerprint density at radius 1 is 1.07 bits per heavy atom. The number of ether oxygens (including phenoxy) is 1. The average molecular weight is 517 g/mol. The maximum Gasteiger partial charge on any atom is 0.335 e. The molecule has 1 saturated heterocycles. The van der Waals surface area contributed by atoms with Gasteiger partial charge in [0.25, 0.3) is 11.8 Å². The van der Waals surface area contributed by atoms with Gasteiger partial charge >= 0.3 is 6.03 Å². The van der Waals surface area contributed by atoms with E-state index in [1.165, 1.54) is 31.4 Å². The number of carbonyl (C=O) groups is 3. The second-order valence-electron chi connectivity index (χ2n) is 5.48. The average Bonchev–Trinajstić information content (AvgIpc) is 2.61. The maximum absolute atomic E-state index is 12.9. The summed E-state index contributed by atoms with van der Waals surface area (Å²) < 4.78 is 6.06. The number of amides is 4. The normalized spacial score (nSPS) is 15.9.